The molecule has 0 bridgehead atoms. The van der Waals surface area contributed by atoms with E-state index in [1.807, 2.05) is 0 Å². The number of fused-ring (bicyclic) bond motifs is 3. The van der Waals surface area contributed by atoms with Crippen LogP contribution in [0.1, 0.15) is 47.8 Å². The second-order valence-corrected chi connectivity index (χ2v) is 8.48. The van der Waals surface area contributed by atoms with Crippen LogP contribution < -0.4 is 11.1 Å². The minimum atomic E-state index is 0.451. The quantitative estimate of drug-likeness (QED) is 0.328. The lowest BCUT2D eigenvalue weighted by molar-refractivity contribution is 0.688. The number of hydrogen-bond acceptors (Lipinski definition) is 6. The number of nitrogens with one attached hydrogen (secondary N) is 3. The maximum Gasteiger partial charge on any atom is 0.160 e. The zero-order valence-corrected chi connectivity index (χ0v) is 18.7. The number of aromatic amines is 1. The van der Waals surface area contributed by atoms with Crippen molar-refractivity contribution in [1.29, 1.82) is 5.41 Å². The van der Waals surface area contributed by atoms with Crippen LogP contribution in [0.5, 0.6) is 0 Å². The summed E-state index contributed by atoms with van der Waals surface area (Å²) in [4.78, 5) is 16.8. The van der Waals surface area contributed by atoms with E-state index >= 15 is 0 Å². The molecule has 0 fully saturated rings. The lowest BCUT2D eigenvalue weighted by Crippen LogP contribution is -2.12. The molecule has 0 amide bonds. The van der Waals surface area contributed by atoms with Gasteiger partial charge in [0, 0.05) is 40.3 Å². The molecule has 0 aliphatic heterocycles. The van der Waals surface area contributed by atoms with Gasteiger partial charge >= 0.3 is 0 Å². The smallest absolute Gasteiger partial charge is 0.160 e. The van der Waals surface area contributed by atoms with Crippen LogP contribution in [0, 0.1) is 5.41 Å². The van der Waals surface area contributed by atoms with Gasteiger partial charge in [0.2, 0.25) is 0 Å². The van der Waals surface area contributed by atoms with Crippen LogP contribution in [0.25, 0.3) is 28.0 Å². The zero-order valence-electron chi connectivity index (χ0n) is 18.7. The van der Waals surface area contributed by atoms with Gasteiger partial charge < -0.3 is 21.4 Å². The number of rotatable bonds is 6. The molecule has 5 rings (SSSR count). The van der Waals surface area contributed by atoms with E-state index in [4.69, 9.17) is 16.1 Å². The van der Waals surface area contributed by atoms with Crippen LogP contribution in [-0.2, 0) is 19.4 Å². The van der Waals surface area contributed by atoms with Crippen molar-refractivity contribution >= 4 is 28.1 Å². The SMILES string of the molecule is C=C(NCc1ncc[nH]1)c1ccc(-c2nc3ncc(N)c(C(C)=N)c3c3c2CCCC3)cc1. The van der Waals surface area contributed by atoms with E-state index in [9.17, 15) is 0 Å². The normalized spacial score (nSPS) is 13.0. The second kappa shape index (κ2) is 8.50. The van der Waals surface area contributed by atoms with E-state index in [-0.39, 0.29) is 0 Å². The van der Waals surface area contributed by atoms with Crippen molar-refractivity contribution in [1.82, 2.24) is 25.3 Å². The number of pyridine rings is 2. The van der Waals surface area contributed by atoms with Gasteiger partial charge in [-0.1, -0.05) is 30.8 Å². The summed E-state index contributed by atoms with van der Waals surface area (Å²) in [5, 5.41) is 12.5. The highest BCUT2D eigenvalue weighted by Crippen LogP contribution is 2.37. The molecule has 0 unspecified atom stereocenters. The Hall–Kier alpha value is -4.00. The number of nitrogen functional groups attached to an aromatic ring is 1. The van der Waals surface area contributed by atoms with Gasteiger partial charge in [0.25, 0.3) is 0 Å². The van der Waals surface area contributed by atoms with Gasteiger partial charge in [-0.15, -0.1) is 0 Å². The third kappa shape index (κ3) is 3.86. The van der Waals surface area contributed by atoms with Crippen LogP contribution in [0.2, 0.25) is 0 Å². The van der Waals surface area contributed by atoms with Crippen molar-refractivity contribution in [3.63, 3.8) is 0 Å². The summed E-state index contributed by atoms with van der Waals surface area (Å²) in [6.07, 6.45) is 9.35. The Morgan fingerprint density at radius 3 is 2.61 bits per heavy atom. The number of aryl methyl sites for hydroxylation is 1. The molecule has 1 aromatic carbocycles. The van der Waals surface area contributed by atoms with Gasteiger partial charge in [-0.3, -0.25) is 0 Å². The minimum Gasteiger partial charge on any atom is -0.397 e. The maximum atomic E-state index is 8.28. The predicted octanol–water partition coefficient (Wildman–Crippen LogP) is 4.63. The molecule has 0 saturated carbocycles. The molecule has 0 spiro atoms. The molecular formula is C26H27N7. The number of aromatic nitrogens is 4. The molecule has 0 radical (unpaired) electrons. The highest BCUT2D eigenvalue weighted by molar-refractivity contribution is 6.12. The summed E-state index contributed by atoms with van der Waals surface area (Å²) >= 11 is 0. The molecule has 0 saturated heterocycles. The van der Waals surface area contributed by atoms with Crippen LogP contribution in [0.4, 0.5) is 5.69 Å². The molecule has 166 valence electrons. The monoisotopic (exact) mass is 437 g/mol. The topological polar surface area (TPSA) is 116 Å². The standard InChI is InChI=1S/C26H27N7/c1-15(27)23-21(28)13-32-26-24(23)19-5-3-4-6-20(19)25(33-26)18-9-7-17(8-10-18)16(2)31-14-22-29-11-12-30-22/h7-13,27,31H,2-6,14,28H2,1H3,(H,29,30). The van der Waals surface area contributed by atoms with Gasteiger partial charge in [0.05, 0.1) is 24.1 Å². The molecule has 3 heterocycles. The molecule has 3 aromatic heterocycles. The number of nitrogens with two attached hydrogens (primary N) is 1. The van der Waals surface area contributed by atoms with E-state index in [1.165, 1.54) is 11.1 Å². The first-order valence-corrected chi connectivity index (χ1v) is 11.2. The lowest BCUT2D eigenvalue weighted by Gasteiger charge is -2.23. The highest BCUT2D eigenvalue weighted by Gasteiger charge is 2.23. The van der Waals surface area contributed by atoms with Crippen molar-refractivity contribution in [3.8, 4) is 11.3 Å². The number of nitrogens with zero attached hydrogens (tertiary/aromatic N) is 3. The molecule has 1 aliphatic carbocycles. The first kappa shape index (κ1) is 20.9. The Kier molecular flexibility index (Phi) is 5.38. The van der Waals surface area contributed by atoms with E-state index in [0.29, 0.717) is 23.6 Å². The van der Waals surface area contributed by atoms with Gasteiger partial charge in [-0.2, -0.15) is 0 Å². The van der Waals surface area contributed by atoms with E-state index in [1.54, 1.807) is 25.5 Å². The molecule has 5 N–H and O–H groups in total. The average Bonchev–Trinajstić information content (AvgIpc) is 3.36. The highest BCUT2D eigenvalue weighted by atomic mass is 15.0. The first-order chi connectivity index (χ1) is 16.0. The number of H-pyrrole nitrogens is 1. The summed E-state index contributed by atoms with van der Waals surface area (Å²) in [5.74, 6) is 0.868. The summed E-state index contributed by atoms with van der Waals surface area (Å²) in [6, 6.07) is 8.32. The van der Waals surface area contributed by atoms with Crippen LogP contribution in [0.3, 0.4) is 0 Å². The third-order valence-electron chi connectivity index (χ3n) is 6.27. The fraction of sp³-hybridized carbons (Fsp3) is 0.231. The van der Waals surface area contributed by atoms with Gasteiger partial charge in [-0.25, -0.2) is 15.0 Å². The Balaban J connectivity index is 1.53. The van der Waals surface area contributed by atoms with Crippen LogP contribution in [0.15, 0.2) is 49.4 Å². The number of benzene rings is 1. The summed E-state index contributed by atoms with van der Waals surface area (Å²) in [5.41, 5.74) is 15.0. The molecular weight excluding hydrogens is 410 g/mol. The van der Waals surface area contributed by atoms with Crippen LogP contribution >= 0.6 is 0 Å². The minimum absolute atomic E-state index is 0.451. The van der Waals surface area contributed by atoms with Crippen molar-refractivity contribution in [2.75, 3.05) is 5.73 Å². The molecule has 0 atom stereocenters. The second-order valence-electron chi connectivity index (χ2n) is 8.48. The average molecular weight is 438 g/mol. The molecule has 33 heavy (non-hydrogen) atoms. The number of hydrogen-bond donors (Lipinski definition) is 4. The Bertz CT molecular complexity index is 1350. The van der Waals surface area contributed by atoms with E-state index in [0.717, 1.165) is 65.0 Å². The third-order valence-corrected chi connectivity index (χ3v) is 6.27. The summed E-state index contributed by atoms with van der Waals surface area (Å²) in [7, 11) is 0. The first-order valence-electron chi connectivity index (χ1n) is 11.2. The Morgan fingerprint density at radius 2 is 1.91 bits per heavy atom. The van der Waals surface area contributed by atoms with Crippen molar-refractivity contribution < 1.29 is 0 Å². The Labute approximate surface area is 192 Å². The Morgan fingerprint density at radius 1 is 1.15 bits per heavy atom. The van der Waals surface area contributed by atoms with E-state index < -0.39 is 0 Å². The van der Waals surface area contributed by atoms with Gasteiger partial charge in [0.15, 0.2) is 5.65 Å². The van der Waals surface area contributed by atoms with Crippen molar-refractivity contribution in [2.45, 2.75) is 39.2 Å². The maximum absolute atomic E-state index is 8.28. The molecule has 1 aliphatic rings. The fourth-order valence-corrected chi connectivity index (χ4v) is 4.66. The van der Waals surface area contributed by atoms with Gasteiger partial charge in [-0.05, 0) is 49.3 Å². The van der Waals surface area contributed by atoms with Crippen molar-refractivity contribution in [3.05, 3.63) is 77.5 Å². The predicted molar refractivity (Wildman–Crippen MR) is 133 cm³/mol. The number of anilines is 1. The zero-order chi connectivity index (χ0) is 22.9. The summed E-state index contributed by atoms with van der Waals surface area (Å²) < 4.78 is 0. The van der Waals surface area contributed by atoms with Crippen molar-refractivity contribution in [2.24, 2.45) is 0 Å². The summed E-state index contributed by atoms with van der Waals surface area (Å²) in [6.45, 7) is 6.53. The molecule has 7 nitrogen and oxygen atoms in total. The van der Waals surface area contributed by atoms with Crippen LogP contribution in [-0.4, -0.2) is 25.6 Å². The largest absolute Gasteiger partial charge is 0.397 e. The molecule has 4 aromatic rings. The van der Waals surface area contributed by atoms with Gasteiger partial charge in [0.1, 0.15) is 5.82 Å². The lowest BCUT2D eigenvalue weighted by atomic mass is 9.85. The molecule has 7 heteroatoms. The number of imidazole rings is 1. The fourth-order valence-electron chi connectivity index (χ4n) is 4.66. The van der Waals surface area contributed by atoms with E-state index in [2.05, 4.69) is 51.1 Å².